The lowest BCUT2D eigenvalue weighted by Crippen LogP contribution is -2.58. The van der Waals surface area contributed by atoms with Crippen LogP contribution in [0.2, 0.25) is 0 Å². The summed E-state index contributed by atoms with van der Waals surface area (Å²) in [5, 5.41) is 5.40. The van der Waals surface area contributed by atoms with Crippen LogP contribution in [0.5, 0.6) is 0 Å². The highest BCUT2D eigenvalue weighted by Gasteiger charge is 2.39. The number of benzene rings is 1. The van der Waals surface area contributed by atoms with Crippen molar-refractivity contribution in [2.45, 2.75) is 77.9 Å². The molecule has 2 aliphatic rings. The van der Waals surface area contributed by atoms with Crippen molar-refractivity contribution in [3.05, 3.63) is 57.8 Å². The van der Waals surface area contributed by atoms with E-state index in [0.717, 1.165) is 44.5 Å². The molecule has 38 heavy (non-hydrogen) atoms. The Balaban J connectivity index is 1.50. The second-order valence-corrected chi connectivity index (χ2v) is 12.9. The van der Waals surface area contributed by atoms with Crippen molar-refractivity contribution < 1.29 is 9.59 Å². The van der Waals surface area contributed by atoms with E-state index in [4.69, 9.17) is 5.73 Å². The Bertz CT molecular complexity index is 1020. The number of nitrogens with zero attached hydrogens (tertiary/aromatic N) is 2. The van der Waals surface area contributed by atoms with Crippen molar-refractivity contribution >= 4 is 23.2 Å². The third-order valence-electron chi connectivity index (χ3n) is 8.28. The molecule has 3 unspecified atom stereocenters. The first-order chi connectivity index (χ1) is 18.3. The van der Waals surface area contributed by atoms with Gasteiger partial charge in [-0.25, -0.2) is 0 Å². The Morgan fingerprint density at radius 3 is 2.55 bits per heavy atom. The molecule has 1 saturated carbocycles. The third-order valence-corrected chi connectivity index (χ3v) is 9.14. The SMILES string of the molecule is Cc1ccc(C(=O)N2CCC(N(Cc3cccs3)CC(C)C)C[C@@H]2C(=O)NCC2CCCC(CN)C2)cc1. The van der Waals surface area contributed by atoms with Crippen molar-refractivity contribution in [3.8, 4) is 0 Å². The number of nitrogens with one attached hydrogen (secondary N) is 1. The Labute approximate surface area is 233 Å². The zero-order chi connectivity index (χ0) is 27.1. The number of hydrogen-bond acceptors (Lipinski definition) is 5. The number of amides is 2. The Kier molecular flexibility index (Phi) is 10.4. The molecule has 6 nitrogen and oxygen atoms in total. The molecule has 2 aromatic rings. The molecule has 3 N–H and O–H groups in total. The molecule has 0 radical (unpaired) electrons. The first-order valence-corrected chi connectivity index (χ1v) is 15.3. The predicted octanol–water partition coefficient (Wildman–Crippen LogP) is 5.07. The number of piperidine rings is 1. The largest absolute Gasteiger partial charge is 0.354 e. The molecule has 0 spiro atoms. The van der Waals surface area contributed by atoms with E-state index in [-0.39, 0.29) is 17.9 Å². The zero-order valence-electron chi connectivity index (χ0n) is 23.4. The molecule has 208 valence electrons. The summed E-state index contributed by atoms with van der Waals surface area (Å²) in [5.74, 6) is 1.50. The Morgan fingerprint density at radius 2 is 1.87 bits per heavy atom. The molecule has 1 saturated heterocycles. The van der Waals surface area contributed by atoms with E-state index < -0.39 is 6.04 Å². The molecule has 4 atom stereocenters. The van der Waals surface area contributed by atoms with Crippen molar-refractivity contribution in [3.63, 3.8) is 0 Å². The Hall–Kier alpha value is -2.22. The van der Waals surface area contributed by atoms with Gasteiger partial charge < -0.3 is 16.0 Å². The lowest BCUT2D eigenvalue weighted by molar-refractivity contribution is -0.128. The monoisotopic (exact) mass is 538 g/mol. The predicted molar refractivity (Wildman–Crippen MR) is 156 cm³/mol. The van der Waals surface area contributed by atoms with Crippen LogP contribution in [0.3, 0.4) is 0 Å². The molecule has 2 amide bonds. The molecular weight excluding hydrogens is 492 g/mol. The van der Waals surface area contributed by atoms with E-state index in [2.05, 4.69) is 41.6 Å². The number of likely N-dealkylation sites (tertiary alicyclic amines) is 1. The summed E-state index contributed by atoms with van der Waals surface area (Å²) < 4.78 is 0. The molecule has 4 rings (SSSR count). The smallest absolute Gasteiger partial charge is 0.254 e. The maximum atomic E-state index is 13.8. The summed E-state index contributed by atoms with van der Waals surface area (Å²) in [4.78, 5) is 33.1. The second kappa shape index (κ2) is 13.7. The van der Waals surface area contributed by atoms with Gasteiger partial charge in [0, 0.05) is 42.7 Å². The molecule has 1 aromatic heterocycles. The fourth-order valence-electron chi connectivity index (χ4n) is 6.21. The van der Waals surface area contributed by atoms with Gasteiger partial charge in [-0.2, -0.15) is 0 Å². The van der Waals surface area contributed by atoms with Gasteiger partial charge in [0.1, 0.15) is 6.04 Å². The normalized spacial score (nSPS) is 24.1. The summed E-state index contributed by atoms with van der Waals surface area (Å²) in [6.07, 6.45) is 6.13. The van der Waals surface area contributed by atoms with Crippen molar-refractivity contribution in [1.82, 2.24) is 15.1 Å². The van der Waals surface area contributed by atoms with Gasteiger partial charge >= 0.3 is 0 Å². The second-order valence-electron chi connectivity index (χ2n) is 11.8. The van der Waals surface area contributed by atoms with E-state index in [1.807, 2.05) is 36.1 Å². The molecule has 1 aliphatic carbocycles. The summed E-state index contributed by atoms with van der Waals surface area (Å²) in [5.41, 5.74) is 7.72. The molecule has 0 bridgehead atoms. The maximum absolute atomic E-state index is 13.8. The van der Waals surface area contributed by atoms with E-state index in [0.29, 0.717) is 42.8 Å². The molecule has 2 fully saturated rings. The molecule has 1 aliphatic heterocycles. The first-order valence-electron chi connectivity index (χ1n) is 14.5. The van der Waals surface area contributed by atoms with Crippen LogP contribution < -0.4 is 11.1 Å². The minimum Gasteiger partial charge on any atom is -0.354 e. The number of aryl methyl sites for hydroxylation is 1. The molecular formula is C31H46N4O2S. The number of hydrogen-bond donors (Lipinski definition) is 2. The minimum absolute atomic E-state index is 0.00865. The van der Waals surface area contributed by atoms with E-state index in [1.54, 1.807) is 11.3 Å². The van der Waals surface area contributed by atoms with Gasteiger partial charge in [0.05, 0.1) is 0 Å². The highest BCUT2D eigenvalue weighted by molar-refractivity contribution is 7.09. The fourth-order valence-corrected chi connectivity index (χ4v) is 6.94. The van der Waals surface area contributed by atoms with Gasteiger partial charge in [-0.1, -0.05) is 44.0 Å². The van der Waals surface area contributed by atoms with Crippen LogP contribution in [-0.4, -0.2) is 59.9 Å². The highest BCUT2D eigenvalue weighted by Crippen LogP contribution is 2.29. The maximum Gasteiger partial charge on any atom is 0.254 e. The number of nitrogens with two attached hydrogens (primary N) is 1. The number of carbonyl (C=O) groups excluding carboxylic acids is 2. The summed E-state index contributed by atoms with van der Waals surface area (Å²) >= 11 is 1.78. The summed E-state index contributed by atoms with van der Waals surface area (Å²) in [6, 6.07) is 11.8. The van der Waals surface area contributed by atoms with Crippen LogP contribution in [-0.2, 0) is 11.3 Å². The van der Waals surface area contributed by atoms with Gasteiger partial charge in [-0.05, 0) is 86.9 Å². The van der Waals surface area contributed by atoms with Gasteiger partial charge in [-0.15, -0.1) is 11.3 Å². The summed E-state index contributed by atoms with van der Waals surface area (Å²) in [7, 11) is 0. The van der Waals surface area contributed by atoms with E-state index in [1.165, 1.54) is 17.7 Å². The number of carbonyl (C=O) groups is 2. The fraction of sp³-hybridized carbons (Fsp3) is 0.613. The third kappa shape index (κ3) is 7.67. The van der Waals surface area contributed by atoms with Gasteiger partial charge in [0.25, 0.3) is 5.91 Å². The lowest BCUT2D eigenvalue weighted by Gasteiger charge is -2.43. The Morgan fingerprint density at radius 1 is 1.11 bits per heavy atom. The summed E-state index contributed by atoms with van der Waals surface area (Å²) in [6.45, 7) is 10.4. The molecule has 2 heterocycles. The topological polar surface area (TPSA) is 78.7 Å². The van der Waals surface area contributed by atoms with Crippen LogP contribution in [0, 0.1) is 24.7 Å². The van der Waals surface area contributed by atoms with E-state index in [9.17, 15) is 9.59 Å². The van der Waals surface area contributed by atoms with Crippen molar-refractivity contribution in [2.24, 2.45) is 23.5 Å². The van der Waals surface area contributed by atoms with Gasteiger partial charge in [0.15, 0.2) is 0 Å². The van der Waals surface area contributed by atoms with Crippen molar-refractivity contribution in [1.29, 1.82) is 0 Å². The lowest BCUT2D eigenvalue weighted by atomic mass is 9.81. The van der Waals surface area contributed by atoms with Gasteiger partial charge in [-0.3, -0.25) is 14.5 Å². The standard InChI is InChI=1S/C31H46N4O2S/c1-22(2)20-34(21-28-8-5-15-38-28)27-13-14-35(31(37)26-11-9-23(3)10-12-26)29(17-27)30(36)33-19-25-7-4-6-24(16-25)18-32/h5,8-12,15,22,24-25,27,29H,4,6-7,13-14,16-21,32H2,1-3H3,(H,33,36)/t24?,25?,27?,29-/m1/s1. The van der Waals surface area contributed by atoms with Gasteiger partial charge in [0.2, 0.25) is 5.91 Å². The van der Waals surface area contributed by atoms with Crippen molar-refractivity contribution in [2.75, 3.05) is 26.2 Å². The molecule has 1 aromatic carbocycles. The minimum atomic E-state index is -0.463. The quantitative estimate of drug-likeness (QED) is 0.443. The van der Waals surface area contributed by atoms with Crippen LogP contribution in [0.4, 0.5) is 0 Å². The first kappa shape index (κ1) is 28.8. The highest BCUT2D eigenvalue weighted by atomic mass is 32.1. The molecule has 7 heteroatoms. The van der Waals surface area contributed by atoms with Crippen LogP contribution >= 0.6 is 11.3 Å². The number of thiophene rings is 1. The van der Waals surface area contributed by atoms with E-state index >= 15 is 0 Å². The van der Waals surface area contributed by atoms with Crippen LogP contribution in [0.25, 0.3) is 0 Å². The number of rotatable bonds is 10. The average Bonchev–Trinajstić information content (AvgIpc) is 3.44. The van der Waals surface area contributed by atoms with Crippen LogP contribution in [0.15, 0.2) is 41.8 Å². The average molecular weight is 539 g/mol. The zero-order valence-corrected chi connectivity index (χ0v) is 24.2. The van der Waals surface area contributed by atoms with Crippen LogP contribution in [0.1, 0.15) is 73.2 Å².